The fraction of sp³-hybridized carbons (Fsp3) is 0.471. The number of aromatic nitrogens is 2. The summed E-state index contributed by atoms with van der Waals surface area (Å²) in [4.78, 5) is 22.8. The zero-order valence-electron chi connectivity index (χ0n) is 14.5. The second kappa shape index (κ2) is 8.66. The second-order valence-corrected chi connectivity index (χ2v) is 7.05. The van der Waals surface area contributed by atoms with E-state index in [-0.39, 0.29) is 11.4 Å². The molecule has 3 heterocycles. The predicted molar refractivity (Wildman–Crippen MR) is 95.0 cm³/mol. The summed E-state index contributed by atoms with van der Waals surface area (Å²) in [6.07, 6.45) is 0.357. The highest BCUT2D eigenvalue weighted by Crippen LogP contribution is 2.23. The highest BCUT2D eigenvalue weighted by molar-refractivity contribution is 7.14. The van der Waals surface area contributed by atoms with Crippen LogP contribution < -0.4 is 10.1 Å². The molecule has 0 aromatic carbocycles. The molecule has 3 rings (SSSR count). The summed E-state index contributed by atoms with van der Waals surface area (Å²) in [6.45, 7) is 1.28. The molecule has 6 nitrogen and oxygen atoms in total. The van der Waals surface area contributed by atoms with Gasteiger partial charge >= 0.3 is 6.18 Å². The van der Waals surface area contributed by atoms with Crippen LogP contribution in [0, 0.1) is 0 Å². The van der Waals surface area contributed by atoms with Crippen molar-refractivity contribution in [3.05, 3.63) is 35.0 Å². The number of hydrogen-bond acceptors (Lipinski definition) is 6. The van der Waals surface area contributed by atoms with Crippen LogP contribution in [0.5, 0.6) is 5.88 Å². The van der Waals surface area contributed by atoms with E-state index in [2.05, 4.69) is 24.9 Å². The molecule has 0 spiro atoms. The number of ether oxygens (including phenoxy) is 1. The molecule has 1 amide bonds. The number of amides is 1. The van der Waals surface area contributed by atoms with Crippen molar-refractivity contribution in [3.63, 3.8) is 0 Å². The van der Waals surface area contributed by atoms with Crippen LogP contribution in [0.25, 0.3) is 0 Å². The molecule has 0 radical (unpaired) electrons. The zero-order chi connectivity index (χ0) is 19.3. The van der Waals surface area contributed by atoms with Crippen molar-refractivity contribution in [3.8, 4) is 5.88 Å². The van der Waals surface area contributed by atoms with Crippen molar-refractivity contribution in [2.75, 3.05) is 25.0 Å². The van der Waals surface area contributed by atoms with Gasteiger partial charge in [-0.15, -0.1) is 11.3 Å². The number of nitrogens with one attached hydrogen (secondary N) is 1. The maximum absolute atomic E-state index is 12.4. The van der Waals surface area contributed by atoms with Crippen LogP contribution in [0.1, 0.15) is 35.3 Å². The average molecular weight is 400 g/mol. The van der Waals surface area contributed by atoms with Crippen LogP contribution in [-0.2, 0) is 6.54 Å². The van der Waals surface area contributed by atoms with Gasteiger partial charge in [0.25, 0.3) is 5.91 Å². The molecule has 0 atom stereocenters. The van der Waals surface area contributed by atoms with Crippen molar-refractivity contribution in [2.24, 2.45) is 0 Å². The molecular formula is C17H19F3N4O2S. The summed E-state index contributed by atoms with van der Waals surface area (Å²) < 4.78 is 41.7. The summed E-state index contributed by atoms with van der Waals surface area (Å²) in [5.74, 6) is -0.975. The molecule has 1 N–H and O–H groups in total. The first-order chi connectivity index (χ1) is 12.9. The van der Waals surface area contributed by atoms with Crippen LogP contribution in [0.4, 0.5) is 18.3 Å². The number of thiazole rings is 1. The number of hydrogen-bond donors (Lipinski definition) is 1. The molecule has 2 aromatic rings. The normalized spacial score (nSPS) is 15.5. The van der Waals surface area contributed by atoms with Gasteiger partial charge in [-0.25, -0.2) is 9.97 Å². The van der Waals surface area contributed by atoms with E-state index in [0.29, 0.717) is 5.13 Å². The van der Waals surface area contributed by atoms with Crippen molar-refractivity contribution >= 4 is 22.4 Å². The van der Waals surface area contributed by atoms with Gasteiger partial charge in [0.1, 0.15) is 5.56 Å². The zero-order valence-corrected chi connectivity index (χ0v) is 15.3. The summed E-state index contributed by atoms with van der Waals surface area (Å²) in [7, 11) is 0. The molecule has 1 fully saturated rings. The van der Waals surface area contributed by atoms with Gasteiger partial charge in [0.2, 0.25) is 5.88 Å². The molecule has 146 valence electrons. The van der Waals surface area contributed by atoms with Gasteiger partial charge in [-0.05, 0) is 38.1 Å². The number of anilines is 1. The number of nitrogens with zero attached hydrogens (tertiary/aromatic N) is 3. The van der Waals surface area contributed by atoms with Crippen molar-refractivity contribution in [1.29, 1.82) is 0 Å². The number of carbonyl (C=O) groups is 1. The quantitative estimate of drug-likeness (QED) is 0.801. The van der Waals surface area contributed by atoms with Crippen molar-refractivity contribution in [2.45, 2.75) is 32.0 Å². The van der Waals surface area contributed by atoms with E-state index in [9.17, 15) is 18.0 Å². The highest BCUT2D eigenvalue weighted by atomic mass is 32.1. The number of carbonyl (C=O) groups excluding carboxylic acids is 1. The first kappa shape index (κ1) is 19.6. The molecular weight excluding hydrogens is 381 g/mol. The third kappa shape index (κ3) is 5.90. The van der Waals surface area contributed by atoms with Gasteiger partial charge in [0.15, 0.2) is 11.7 Å². The van der Waals surface area contributed by atoms with Gasteiger partial charge in [-0.3, -0.25) is 15.0 Å². The lowest BCUT2D eigenvalue weighted by Crippen LogP contribution is -2.29. The Kier molecular flexibility index (Phi) is 6.27. The first-order valence-electron chi connectivity index (χ1n) is 8.53. The molecule has 0 unspecified atom stereocenters. The SMILES string of the molecule is O=C(Nc1nc(CN2CCCCC2)cs1)c1cccnc1OCC(F)(F)F. The Morgan fingerprint density at radius 2 is 2.07 bits per heavy atom. The van der Waals surface area contributed by atoms with Gasteiger partial charge in [-0.1, -0.05) is 6.42 Å². The smallest absolute Gasteiger partial charge is 0.422 e. The Hall–Kier alpha value is -2.20. The Balaban J connectivity index is 1.62. The van der Waals surface area contributed by atoms with E-state index in [1.54, 1.807) is 0 Å². The fourth-order valence-corrected chi connectivity index (χ4v) is 3.47. The fourth-order valence-electron chi connectivity index (χ4n) is 2.78. The molecule has 10 heteroatoms. The Labute approximate surface area is 158 Å². The molecule has 1 aliphatic rings. The topological polar surface area (TPSA) is 67.4 Å². The third-order valence-electron chi connectivity index (χ3n) is 3.99. The molecule has 0 aliphatic carbocycles. The molecule has 1 saturated heterocycles. The van der Waals surface area contributed by atoms with E-state index in [4.69, 9.17) is 0 Å². The van der Waals surface area contributed by atoms with Gasteiger partial charge in [0.05, 0.1) is 5.69 Å². The minimum absolute atomic E-state index is 0.0745. The van der Waals surface area contributed by atoms with E-state index in [1.165, 1.54) is 48.9 Å². The monoisotopic (exact) mass is 400 g/mol. The van der Waals surface area contributed by atoms with E-state index < -0.39 is 18.7 Å². The number of likely N-dealkylation sites (tertiary alicyclic amines) is 1. The summed E-state index contributed by atoms with van der Waals surface area (Å²) in [6, 6.07) is 2.81. The maximum Gasteiger partial charge on any atom is 0.422 e. The van der Waals surface area contributed by atoms with Crippen LogP contribution in [0.2, 0.25) is 0 Å². The lowest BCUT2D eigenvalue weighted by Gasteiger charge is -2.25. The lowest BCUT2D eigenvalue weighted by molar-refractivity contribution is -0.154. The molecule has 2 aromatic heterocycles. The minimum Gasteiger partial charge on any atom is -0.467 e. The largest absolute Gasteiger partial charge is 0.467 e. The standard InChI is InChI=1S/C17H19F3N4O2S/c18-17(19,20)11-26-15-13(5-4-6-21-15)14(25)23-16-22-12(10-27-16)9-24-7-2-1-3-8-24/h4-6,10H,1-3,7-9,11H2,(H,22,23,25). The summed E-state index contributed by atoms with van der Waals surface area (Å²) in [5, 5.41) is 4.86. The molecule has 27 heavy (non-hydrogen) atoms. The van der Waals surface area contributed by atoms with Crippen LogP contribution in [0.15, 0.2) is 23.7 Å². The van der Waals surface area contributed by atoms with Gasteiger partial charge in [0, 0.05) is 18.1 Å². The van der Waals surface area contributed by atoms with Gasteiger partial charge in [-0.2, -0.15) is 13.2 Å². The number of rotatable bonds is 6. The summed E-state index contributed by atoms with van der Waals surface area (Å²) in [5.41, 5.74) is 0.784. The van der Waals surface area contributed by atoms with Crippen LogP contribution in [-0.4, -0.2) is 46.6 Å². The molecule has 0 saturated carbocycles. The molecule has 0 bridgehead atoms. The third-order valence-corrected chi connectivity index (χ3v) is 4.80. The van der Waals surface area contributed by atoms with Crippen LogP contribution >= 0.6 is 11.3 Å². The van der Waals surface area contributed by atoms with Gasteiger partial charge < -0.3 is 4.74 Å². The van der Waals surface area contributed by atoms with E-state index in [1.807, 2.05) is 5.38 Å². The predicted octanol–water partition coefficient (Wildman–Crippen LogP) is 3.72. The Morgan fingerprint density at radius 1 is 1.30 bits per heavy atom. The number of alkyl halides is 3. The Bertz CT molecular complexity index is 776. The minimum atomic E-state index is -4.51. The highest BCUT2D eigenvalue weighted by Gasteiger charge is 2.29. The average Bonchev–Trinajstić information content (AvgIpc) is 3.07. The maximum atomic E-state index is 12.4. The number of halogens is 3. The van der Waals surface area contributed by atoms with Crippen molar-refractivity contribution in [1.82, 2.24) is 14.9 Å². The van der Waals surface area contributed by atoms with Crippen LogP contribution in [0.3, 0.4) is 0 Å². The number of pyridine rings is 1. The molecule has 1 aliphatic heterocycles. The Morgan fingerprint density at radius 3 is 2.81 bits per heavy atom. The van der Waals surface area contributed by atoms with E-state index in [0.717, 1.165) is 25.3 Å². The first-order valence-corrected chi connectivity index (χ1v) is 9.41. The van der Waals surface area contributed by atoms with E-state index >= 15 is 0 Å². The second-order valence-electron chi connectivity index (χ2n) is 6.19. The van der Waals surface area contributed by atoms with Crippen molar-refractivity contribution < 1.29 is 22.7 Å². The summed E-state index contributed by atoms with van der Waals surface area (Å²) >= 11 is 1.27. The number of piperidine rings is 1. The lowest BCUT2D eigenvalue weighted by atomic mass is 10.1.